The second-order valence-corrected chi connectivity index (χ2v) is 6.57. The van der Waals surface area contributed by atoms with E-state index in [1.807, 2.05) is 13.0 Å². The zero-order valence-electron chi connectivity index (χ0n) is 14.6. The summed E-state index contributed by atoms with van der Waals surface area (Å²) in [4.78, 5) is 22.4. The van der Waals surface area contributed by atoms with Crippen molar-refractivity contribution in [2.45, 2.75) is 20.1 Å². The highest BCUT2D eigenvalue weighted by Gasteiger charge is 2.35. The molecule has 0 saturated heterocycles. The zero-order valence-corrected chi connectivity index (χ0v) is 16.2. The fraction of sp³-hybridized carbons (Fsp3) is 0.222. The van der Waals surface area contributed by atoms with E-state index in [0.29, 0.717) is 23.5 Å². The average molecular weight is 434 g/mol. The van der Waals surface area contributed by atoms with Crippen molar-refractivity contribution in [3.63, 3.8) is 0 Å². The molecular weight excluding hydrogens is 418 g/mol. The van der Waals surface area contributed by atoms with Crippen molar-refractivity contribution in [3.8, 4) is 5.75 Å². The van der Waals surface area contributed by atoms with Crippen LogP contribution in [-0.2, 0) is 9.53 Å². The molecule has 0 bridgehead atoms. The number of hydrazone groups is 1. The van der Waals surface area contributed by atoms with E-state index in [4.69, 9.17) is 9.47 Å². The van der Waals surface area contributed by atoms with Gasteiger partial charge in [0.25, 0.3) is 5.69 Å². The molecule has 140 valence electrons. The van der Waals surface area contributed by atoms with Gasteiger partial charge in [-0.1, -0.05) is 15.9 Å². The number of amides is 1. The van der Waals surface area contributed by atoms with Gasteiger partial charge in [0, 0.05) is 29.1 Å². The molecule has 2 aromatic rings. The van der Waals surface area contributed by atoms with Gasteiger partial charge in [-0.05, 0) is 37.3 Å². The van der Waals surface area contributed by atoms with Gasteiger partial charge in [-0.2, -0.15) is 5.01 Å². The quantitative estimate of drug-likeness (QED) is 0.524. The maximum absolute atomic E-state index is 12.1. The van der Waals surface area contributed by atoms with Crippen molar-refractivity contribution in [2.75, 3.05) is 6.61 Å². The monoisotopic (exact) mass is 433 g/mol. The molecule has 0 radical (unpaired) electrons. The van der Waals surface area contributed by atoms with Crippen molar-refractivity contribution in [1.82, 2.24) is 5.01 Å². The Hall–Kier alpha value is -2.94. The molecule has 0 fully saturated rings. The lowest BCUT2D eigenvalue weighted by Gasteiger charge is -2.22. The molecule has 1 atom stereocenters. The first-order chi connectivity index (χ1) is 12.9. The number of nitrogens with zero attached hydrogens (tertiary/aromatic N) is 3. The topological polar surface area (TPSA) is 94.3 Å². The van der Waals surface area contributed by atoms with Gasteiger partial charge >= 0.3 is 0 Å². The minimum Gasteiger partial charge on any atom is -0.493 e. The lowest BCUT2D eigenvalue weighted by atomic mass is 10.1. The van der Waals surface area contributed by atoms with Crippen LogP contribution in [0, 0.1) is 10.1 Å². The van der Waals surface area contributed by atoms with E-state index in [1.54, 1.807) is 12.1 Å². The minimum atomic E-state index is -0.799. The Kier molecular flexibility index (Phi) is 5.41. The molecule has 0 N–H and O–H groups in total. The van der Waals surface area contributed by atoms with Crippen LogP contribution in [0.3, 0.4) is 0 Å². The standard InChI is InChI=1S/C18H16BrN3O5/c1-3-26-16-9-6-13(19)10-15(16)18-21(11(2)23)20-17(27-18)12-4-7-14(8-5-12)22(24)25/h4-10,18H,3H2,1-2H3/t18-/m1/s1. The van der Waals surface area contributed by atoms with E-state index in [1.165, 1.54) is 36.2 Å². The first-order valence-electron chi connectivity index (χ1n) is 8.13. The van der Waals surface area contributed by atoms with Crippen LogP contribution in [0.15, 0.2) is 52.0 Å². The fourth-order valence-corrected chi connectivity index (χ4v) is 2.99. The minimum absolute atomic E-state index is 0.0389. The highest BCUT2D eigenvalue weighted by atomic mass is 79.9. The number of nitro groups is 1. The summed E-state index contributed by atoms with van der Waals surface area (Å²) in [6.07, 6.45) is -0.799. The maximum atomic E-state index is 12.1. The van der Waals surface area contributed by atoms with Crippen LogP contribution in [-0.4, -0.2) is 28.3 Å². The van der Waals surface area contributed by atoms with Gasteiger partial charge in [0.05, 0.1) is 17.1 Å². The third-order valence-corrected chi connectivity index (χ3v) is 4.32. The van der Waals surface area contributed by atoms with Crippen LogP contribution in [0.5, 0.6) is 5.75 Å². The summed E-state index contributed by atoms with van der Waals surface area (Å²) in [5.74, 6) is 0.476. The molecule has 0 unspecified atom stereocenters. The van der Waals surface area contributed by atoms with Crippen LogP contribution in [0.1, 0.15) is 31.2 Å². The Morgan fingerprint density at radius 1 is 1.33 bits per heavy atom. The molecule has 8 nitrogen and oxygen atoms in total. The predicted molar refractivity (Wildman–Crippen MR) is 101 cm³/mol. The Morgan fingerprint density at radius 3 is 2.63 bits per heavy atom. The molecule has 0 aromatic heterocycles. The maximum Gasteiger partial charge on any atom is 0.269 e. The second kappa shape index (κ2) is 7.75. The van der Waals surface area contributed by atoms with Crippen molar-refractivity contribution >= 4 is 33.4 Å². The first-order valence-corrected chi connectivity index (χ1v) is 8.92. The van der Waals surface area contributed by atoms with Gasteiger partial charge in [0.1, 0.15) is 5.75 Å². The van der Waals surface area contributed by atoms with Crippen LogP contribution in [0.2, 0.25) is 0 Å². The Labute approximate surface area is 163 Å². The molecule has 3 rings (SSSR count). The van der Waals surface area contributed by atoms with Crippen molar-refractivity contribution in [3.05, 3.63) is 68.2 Å². The van der Waals surface area contributed by atoms with Gasteiger partial charge in [0.2, 0.25) is 18.0 Å². The average Bonchev–Trinajstić information content (AvgIpc) is 3.09. The fourth-order valence-electron chi connectivity index (χ4n) is 2.61. The number of halogens is 1. The number of carbonyl (C=O) groups excluding carboxylic acids is 1. The van der Waals surface area contributed by atoms with Crippen LogP contribution >= 0.6 is 15.9 Å². The molecule has 0 spiro atoms. The number of hydrogen-bond donors (Lipinski definition) is 0. The second-order valence-electron chi connectivity index (χ2n) is 5.66. The summed E-state index contributed by atoms with van der Waals surface area (Å²) in [7, 11) is 0. The number of carbonyl (C=O) groups is 1. The molecule has 27 heavy (non-hydrogen) atoms. The van der Waals surface area contributed by atoms with Crippen LogP contribution in [0.4, 0.5) is 5.69 Å². The highest BCUT2D eigenvalue weighted by molar-refractivity contribution is 9.10. The molecular formula is C18H16BrN3O5. The number of non-ortho nitro benzene ring substituents is 1. The molecule has 1 amide bonds. The molecule has 0 aliphatic carbocycles. The van der Waals surface area contributed by atoms with E-state index in [0.717, 1.165) is 4.47 Å². The summed E-state index contributed by atoms with van der Waals surface area (Å²) in [6, 6.07) is 11.2. The number of nitro benzene ring substituents is 1. The van der Waals surface area contributed by atoms with Gasteiger partial charge < -0.3 is 9.47 Å². The van der Waals surface area contributed by atoms with Crippen LogP contribution in [0.25, 0.3) is 0 Å². The van der Waals surface area contributed by atoms with Crippen molar-refractivity contribution in [2.24, 2.45) is 5.10 Å². The SMILES string of the molecule is CCOc1ccc(Br)cc1[C@H]1OC(c2ccc([N+](=O)[O-])cc2)=NN1C(C)=O. The normalized spacial score (nSPS) is 15.9. The summed E-state index contributed by atoms with van der Waals surface area (Å²) in [6.45, 7) is 3.71. The number of ether oxygens (including phenoxy) is 2. The van der Waals surface area contributed by atoms with Crippen LogP contribution < -0.4 is 4.74 Å². The smallest absolute Gasteiger partial charge is 0.269 e. The number of hydrogen-bond acceptors (Lipinski definition) is 6. The highest BCUT2D eigenvalue weighted by Crippen LogP contribution is 2.37. The Balaban J connectivity index is 1.96. The van der Waals surface area contributed by atoms with Crippen molar-refractivity contribution < 1.29 is 19.2 Å². The third kappa shape index (κ3) is 3.92. The molecule has 2 aromatic carbocycles. The van der Waals surface area contributed by atoms with E-state index in [-0.39, 0.29) is 17.5 Å². The molecule has 1 heterocycles. The lowest BCUT2D eigenvalue weighted by molar-refractivity contribution is -0.384. The van der Waals surface area contributed by atoms with Gasteiger partial charge in [-0.15, -0.1) is 5.10 Å². The Bertz CT molecular complexity index is 914. The van der Waals surface area contributed by atoms with Gasteiger partial charge in [-0.25, -0.2) is 0 Å². The van der Waals surface area contributed by atoms with E-state index in [9.17, 15) is 14.9 Å². The molecule has 0 saturated carbocycles. The predicted octanol–water partition coefficient (Wildman–Crippen LogP) is 4.00. The van der Waals surface area contributed by atoms with E-state index in [2.05, 4.69) is 21.0 Å². The Morgan fingerprint density at radius 2 is 2.04 bits per heavy atom. The molecule has 1 aliphatic rings. The van der Waals surface area contributed by atoms with Gasteiger partial charge in [-0.3, -0.25) is 14.9 Å². The summed E-state index contributed by atoms with van der Waals surface area (Å²) in [5.41, 5.74) is 1.13. The number of rotatable bonds is 5. The lowest BCUT2D eigenvalue weighted by Crippen LogP contribution is -2.25. The van der Waals surface area contributed by atoms with Crippen molar-refractivity contribution in [1.29, 1.82) is 0 Å². The molecule has 9 heteroatoms. The third-order valence-electron chi connectivity index (χ3n) is 3.83. The zero-order chi connectivity index (χ0) is 19.6. The summed E-state index contributed by atoms with van der Waals surface area (Å²) in [5, 5.41) is 16.3. The summed E-state index contributed by atoms with van der Waals surface area (Å²) < 4.78 is 12.4. The van der Waals surface area contributed by atoms with Gasteiger partial charge in [0.15, 0.2) is 0 Å². The number of benzene rings is 2. The largest absolute Gasteiger partial charge is 0.493 e. The first kappa shape index (κ1) is 18.8. The van der Waals surface area contributed by atoms with E-state index < -0.39 is 11.2 Å². The van der Waals surface area contributed by atoms with E-state index >= 15 is 0 Å². The molecule has 1 aliphatic heterocycles. The summed E-state index contributed by atoms with van der Waals surface area (Å²) >= 11 is 3.42.